The second-order valence-electron chi connectivity index (χ2n) is 5.54. The van der Waals surface area contributed by atoms with Crippen LogP contribution in [0.25, 0.3) is 0 Å². The van der Waals surface area contributed by atoms with Crippen molar-refractivity contribution in [3.63, 3.8) is 0 Å². The summed E-state index contributed by atoms with van der Waals surface area (Å²) >= 11 is 0. The number of carboxylic acids is 1. The molecular formula is C16H20O5. The van der Waals surface area contributed by atoms with E-state index in [9.17, 15) is 14.7 Å². The van der Waals surface area contributed by atoms with Gasteiger partial charge in [0.25, 0.3) is 0 Å². The van der Waals surface area contributed by atoms with E-state index in [4.69, 9.17) is 9.47 Å². The monoisotopic (exact) mass is 292 g/mol. The third-order valence-corrected chi connectivity index (χ3v) is 3.65. The lowest BCUT2D eigenvalue weighted by molar-refractivity contribution is -0.158. The van der Waals surface area contributed by atoms with E-state index < -0.39 is 17.5 Å². The van der Waals surface area contributed by atoms with Crippen LogP contribution in [0.15, 0.2) is 18.2 Å². The van der Waals surface area contributed by atoms with Gasteiger partial charge in [-0.2, -0.15) is 0 Å². The van der Waals surface area contributed by atoms with E-state index >= 15 is 0 Å². The van der Waals surface area contributed by atoms with Gasteiger partial charge in [0, 0.05) is 13.0 Å². The zero-order valence-electron chi connectivity index (χ0n) is 12.3. The zero-order chi connectivity index (χ0) is 15.5. The van der Waals surface area contributed by atoms with Gasteiger partial charge in [-0.05, 0) is 50.3 Å². The molecule has 1 aliphatic carbocycles. The highest BCUT2D eigenvalue weighted by molar-refractivity contribution is 5.78. The standard InChI is InChI=1S/C16H20O5/c1-11-8-13(20-12(2)17)10-14(9-11)21-16(15(18)19)6-4-3-5-7-16/h8-10H,3-7H2,1-2H3,(H,18,19). The first-order valence-corrected chi connectivity index (χ1v) is 7.14. The topological polar surface area (TPSA) is 72.8 Å². The highest BCUT2D eigenvalue weighted by atomic mass is 16.5. The molecule has 0 spiro atoms. The van der Waals surface area contributed by atoms with E-state index in [-0.39, 0.29) is 0 Å². The molecular weight excluding hydrogens is 272 g/mol. The van der Waals surface area contributed by atoms with Crippen LogP contribution in [-0.4, -0.2) is 22.6 Å². The highest BCUT2D eigenvalue weighted by Crippen LogP contribution is 2.35. The molecule has 0 aliphatic heterocycles. The second kappa shape index (κ2) is 6.16. The van der Waals surface area contributed by atoms with E-state index in [2.05, 4.69) is 0 Å². The van der Waals surface area contributed by atoms with Crippen molar-refractivity contribution in [2.45, 2.75) is 51.6 Å². The summed E-state index contributed by atoms with van der Waals surface area (Å²) in [5.74, 6) is -0.556. The number of aryl methyl sites for hydroxylation is 1. The van der Waals surface area contributed by atoms with Crippen LogP contribution in [0.4, 0.5) is 0 Å². The van der Waals surface area contributed by atoms with E-state index in [1.54, 1.807) is 18.2 Å². The molecule has 0 bridgehead atoms. The first-order valence-electron chi connectivity index (χ1n) is 7.14. The van der Waals surface area contributed by atoms with Gasteiger partial charge < -0.3 is 14.6 Å². The van der Waals surface area contributed by atoms with Crippen LogP contribution >= 0.6 is 0 Å². The molecule has 2 rings (SSSR count). The molecule has 0 radical (unpaired) electrons. The van der Waals surface area contributed by atoms with Crippen LogP contribution in [-0.2, 0) is 9.59 Å². The zero-order valence-corrected chi connectivity index (χ0v) is 12.3. The van der Waals surface area contributed by atoms with Crippen molar-refractivity contribution in [3.8, 4) is 11.5 Å². The lowest BCUT2D eigenvalue weighted by Gasteiger charge is -2.33. The lowest BCUT2D eigenvalue weighted by Crippen LogP contribution is -2.46. The summed E-state index contributed by atoms with van der Waals surface area (Å²) in [7, 11) is 0. The predicted octanol–water partition coefficient (Wildman–Crippen LogP) is 3.09. The van der Waals surface area contributed by atoms with E-state index in [1.165, 1.54) is 6.92 Å². The molecule has 0 saturated heterocycles. The van der Waals surface area contributed by atoms with Crippen molar-refractivity contribution < 1.29 is 24.2 Å². The summed E-state index contributed by atoms with van der Waals surface area (Å²) < 4.78 is 10.9. The fraction of sp³-hybridized carbons (Fsp3) is 0.500. The quantitative estimate of drug-likeness (QED) is 0.682. The SMILES string of the molecule is CC(=O)Oc1cc(C)cc(OC2(C(=O)O)CCCCC2)c1. The van der Waals surface area contributed by atoms with Gasteiger partial charge in [0.05, 0.1) is 0 Å². The minimum Gasteiger partial charge on any atom is -0.478 e. The number of carboxylic acid groups (broad SMARTS) is 1. The van der Waals surface area contributed by atoms with Gasteiger partial charge in [-0.1, -0.05) is 6.42 Å². The number of esters is 1. The number of carbonyl (C=O) groups is 2. The Labute approximate surface area is 123 Å². The Morgan fingerprint density at radius 1 is 1.10 bits per heavy atom. The Hall–Kier alpha value is -2.04. The Balaban J connectivity index is 2.26. The van der Waals surface area contributed by atoms with Gasteiger partial charge in [0.2, 0.25) is 5.60 Å². The number of hydrogen-bond donors (Lipinski definition) is 1. The van der Waals surface area contributed by atoms with Gasteiger partial charge in [-0.15, -0.1) is 0 Å². The maximum absolute atomic E-state index is 11.6. The minimum atomic E-state index is -1.17. The van der Waals surface area contributed by atoms with Gasteiger partial charge in [0.1, 0.15) is 11.5 Å². The van der Waals surface area contributed by atoms with Crippen molar-refractivity contribution >= 4 is 11.9 Å². The molecule has 0 amide bonds. The normalized spacial score (nSPS) is 17.0. The van der Waals surface area contributed by atoms with Gasteiger partial charge in [0.15, 0.2) is 0 Å². The average Bonchev–Trinajstić information content (AvgIpc) is 2.37. The summed E-state index contributed by atoms with van der Waals surface area (Å²) in [5.41, 5.74) is -0.320. The molecule has 1 aromatic rings. The number of benzene rings is 1. The summed E-state index contributed by atoms with van der Waals surface area (Å²) in [6, 6.07) is 5.03. The molecule has 21 heavy (non-hydrogen) atoms. The van der Waals surface area contributed by atoms with E-state index in [0.29, 0.717) is 24.3 Å². The Bertz CT molecular complexity index is 544. The first-order chi connectivity index (χ1) is 9.91. The molecule has 0 heterocycles. The molecule has 1 N–H and O–H groups in total. The number of hydrogen-bond acceptors (Lipinski definition) is 4. The Morgan fingerprint density at radius 3 is 2.29 bits per heavy atom. The van der Waals surface area contributed by atoms with Crippen molar-refractivity contribution in [1.29, 1.82) is 0 Å². The van der Waals surface area contributed by atoms with Crippen LogP contribution < -0.4 is 9.47 Å². The fourth-order valence-corrected chi connectivity index (χ4v) is 2.71. The lowest BCUT2D eigenvalue weighted by atomic mass is 9.84. The highest BCUT2D eigenvalue weighted by Gasteiger charge is 2.42. The van der Waals surface area contributed by atoms with Crippen molar-refractivity contribution in [2.24, 2.45) is 0 Å². The summed E-state index contributed by atoms with van der Waals surface area (Å²) in [4.78, 5) is 22.7. The predicted molar refractivity (Wildman–Crippen MR) is 76.6 cm³/mol. The Morgan fingerprint density at radius 2 is 1.71 bits per heavy atom. The van der Waals surface area contributed by atoms with E-state index in [1.807, 2.05) is 6.92 Å². The van der Waals surface area contributed by atoms with Crippen LogP contribution in [0.1, 0.15) is 44.6 Å². The van der Waals surface area contributed by atoms with Gasteiger partial charge >= 0.3 is 11.9 Å². The number of ether oxygens (including phenoxy) is 2. The molecule has 5 heteroatoms. The van der Waals surface area contributed by atoms with Crippen LogP contribution in [0.5, 0.6) is 11.5 Å². The molecule has 0 atom stereocenters. The first kappa shape index (κ1) is 15.4. The summed E-state index contributed by atoms with van der Waals surface area (Å²) in [5, 5.41) is 9.52. The Kier molecular flexibility index (Phi) is 4.50. The van der Waals surface area contributed by atoms with E-state index in [0.717, 1.165) is 24.8 Å². The third-order valence-electron chi connectivity index (χ3n) is 3.65. The molecule has 0 aromatic heterocycles. The second-order valence-corrected chi connectivity index (χ2v) is 5.54. The van der Waals surface area contributed by atoms with Crippen molar-refractivity contribution in [1.82, 2.24) is 0 Å². The minimum absolute atomic E-state index is 0.369. The van der Waals surface area contributed by atoms with Crippen LogP contribution in [0, 0.1) is 6.92 Å². The average molecular weight is 292 g/mol. The number of aliphatic carboxylic acids is 1. The third kappa shape index (κ3) is 3.74. The molecule has 114 valence electrons. The molecule has 0 unspecified atom stereocenters. The number of carbonyl (C=O) groups excluding carboxylic acids is 1. The molecule has 1 saturated carbocycles. The smallest absolute Gasteiger partial charge is 0.348 e. The van der Waals surface area contributed by atoms with Crippen molar-refractivity contribution in [3.05, 3.63) is 23.8 Å². The summed E-state index contributed by atoms with van der Waals surface area (Å²) in [6.45, 7) is 3.16. The van der Waals surface area contributed by atoms with Crippen molar-refractivity contribution in [2.75, 3.05) is 0 Å². The molecule has 1 fully saturated rings. The summed E-state index contributed by atoms with van der Waals surface area (Å²) in [6.07, 6.45) is 3.72. The fourth-order valence-electron chi connectivity index (χ4n) is 2.71. The largest absolute Gasteiger partial charge is 0.478 e. The maximum Gasteiger partial charge on any atom is 0.348 e. The van der Waals surface area contributed by atoms with Gasteiger partial charge in [-0.3, -0.25) is 4.79 Å². The van der Waals surface area contributed by atoms with Crippen LogP contribution in [0.3, 0.4) is 0 Å². The molecule has 1 aliphatic rings. The maximum atomic E-state index is 11.6. The molecule has 5 nitrogen and oxygen atoms in total. The molecule has 1 aromatic carbocycles. The number of rotatable bonds is 4. The van der Waals surface area contributed by atoms with Crippen LogP contribution in [0.2, 0.25) is 0 Å². The van der Waals surface area contributed by atoms with Gasteiger partial charge in [-0.25, -0.2) is 4.79 Å².